The van der Waals surface area contributed by atoms with Gasteiger partial charge in [0.25, 0.3) is 0 Å². The fraction of sp³-hybridized carbons (Fsp3) is 0.357. The van der Waals surface area contributed by atoms with Crippen LogP contribution in [0.15, 0.2) is 24.3 Å². The molecule has 0 spiro atoms. The summed E-state index contributed by atoms with van der Waals surface area (Å²) < 4.78 is 5.37. The first-order valence-corrected chi connectivity index (χ1v) is 6.38. The summed E-state index contributed by atoms with van der Waals surface area (Å²) in [5.41, 5.74) is 5.48. The maximum Gasteiger partial charge on any atom is 0.305 e. The molecular weight excluding hydrogens is 276 g/mol. The van der Waals surface area contributed by atoms with Crippen molar-refractivity contribution in [3.63, 3.8) is 0 Å². The maximum atomic E-state index is 11.7. The van der Waals surface area contributed by atoms with Crippen LogP contribution >= 0.6 is 0 Å². The zero-order valence-electron chi connectivity index (χ0n) is 11.7. The molecule has 7 heteroatoms. The third-order valence-corrected chi connectivity index (χ3v) is 2.79. The fourth-order valence-electron chi connectivity index (χ4n) is 1.57. The Morgan fingerprint density at radius 2 is 2.00 bits per heavy atom. The van der Waals surface area contributed by atoms with Crippen molar-refractivity contribution < 1.29 is 24.2 Å². The molecule has 1 rings (SSSR count). The molecule has 3 N–H and O–H groups in total. The van der Waals surface area contributed by atoms with E-state index in [1.165, 1.54) is 11.0 Å². The van der Waals surface area contributed by atoms with E-state index in [0.717, 1.165) is 0 Å². The lowest BCUT2D eigenvalue weighted by Crippen LogP contribution is -2.30. The summed E-state index contributed by atoms with van der Waals surface area (Å²) in [6.07, 6.45) is 0.0284. The number of hydrogen-bond acceptors (Lipinski definition) is 4. The largest absolute Gasteiger partial charge is 0.493 e. The molecule has 0 aliphatic rings. The highest BCUT2D eigenvalue weighted by atomic mass is 16.5. The summed E-state index contributed by atoms with van der Waals surface area (Å²) in [4.78, 5) is 34.5. The number of aliphatic carboxylic acids is 1. The minimum absolute atomic E-state index is 0.0935. The van der Waals surface area contributed by atoms with Crippen LogP contribution in [0.25, 0.3) is 0 Å². The Morgan fingerprint density at radius 1 is 1.29 bits per heavy atom. The smallest absolute Gasteiger partial charge is 0.305 e. The van der Waals surface area contributed by atoms with E-state index in [-0.39, 0.29) is 31.9 Å². The van der Waals surface area contributed by atoms with Gasteiger partial charge in [0.2, 0.25) is 11.8 Å². The second kappa shape index (κ2) is 7.88. The minimum Gasteiger partial charge on any atom is -0.493 e. The molecule has 0 unspecified atom stereocenters. The van der Waals surface area contributed by atoms with Crippen LogP contribution in [-0.2, 0) is 9.59 Å². The first-order chi connectivity index (χ1) is 9.90. The number of hydrogen-bond donors (Lipinski definition) is 2. The fourth-order valence-corrected chi connectivity index (χ4v) is 1.57. The first kappa shape index (κ1) is 16.5. The van der Waals surface area contributed by atoms with Gasteiger partial charge in [-0.15, -0.1) is 0 Å². The third-order valence-electron chi connectivity index (χ3n) is 2.79. The Labute approximate surface area is 122 Å². The highest BCUT2D eigenvalue weighted by Gasteiger charge is 2.10. The van der Waals surface area contributed by atoms with Crippen molar-refractivity contribution in [1.29, 1.82) is 0 Å². The molecule has 1 aromatic carbocycles. The number of amides is 2. The van der Waals surface area contributed by atoms with Crippen molar-refractivity contribution in [3.8, 4) is 5.75 Å². The van der Waals surface area contributed by atoms with Crippen LogP contribution in [0.2, 0.25) is 0 Å². The number of rotatable bonds is 8. The summed E-state index contributed by atoms with van der Waals surface area (Å²) in [5.74, 6) is -1.26. The number of carbonyl (C=O) groups excluding carboxylic acids is 2. The molecule has 7 nitrogen and oxygen atoms in total. The van der Waals surface area contributed by atoms with Crippen LogP contribution in [0, 0.1) is 0 Å². The molecule has 0 heterocycles. The number of benzene rings is 1. The lowest BCUT2D eigenvalue weighted by Gasteiger charge is -2.16. The number of carboxylic acids is 1. The molecule has 114 valence electrons. The van der Waals surface area contributed by atoms with E-state index in [2.05, 4.69) is 0 Å². The van der Waals surface area contributed by atoms with Gasteiger partial charge >= 0.3 is 5.97 Å². The zero-order chi connectivity index (χ0) is 15.8. The van der Waals surface area contributed by atoms with Crippen LogP contribution in [0.1, 0.15) is 23.2 Å². The average molecular weight is 294 g/mol. The molecule has 0 saturated carbocycles. The highest BCUT2D eigenvalue weighted by Crippen LogP contribution is 2.13. The van der Waals surface area contributed by atoms with E-state index in [1.54, 1.807) is 25.2 Å². The van der Waals surface area contributed by atoms with Crippen LogP contribution in [0.4, 0.5) is 0 Å². The predicted molar refractivity (Wildman–Crippen MR) is 75.0 cm³/mol. The number of carboxylic acid groups (broad SMARTS) is 1. The quantitative estimate of drug-likeness (QED) is 0.725. The SMILES string of the molecule is CN(CCC(=O)O)C(=O)CCOc1cccc(C(N)=O)c1. The summed E-state index contributed by atoms with van der Waals surface area (Å²) in [5, 5.41) is 8.54. The number of nitrogens with zero attached hydrogens (tertiary/aromatic N) is 1. The monoisotopic (exact) mass is 294 g/mol. The zero-order valence-corrected chi connectivity index (χ0v) is 11.7. The Kier molecular flexibility index (Phi) is 6.19. The van der Waals surface area contributed by atoms with Crippen LogP contribution in [-0.4, -0.2) is 48.0 Å². The number of primary amides is 1. The first-order valence-electron chi connectivity index (χ1n) is 6.38. The van der Waals surface area contributed by atoms with Gasteiger partial charge in [0.15, 0.2) is 0 Å². The van der Waals surface area contributed by atoms with Crippen molar-refractivity contribution in [2.75, 3.05) is 20.2 Å². The van der Waals surface area contributed by atoms with Crippen molar-refractivity contribution in [2.45, 2.75) is 12.8 Å². The van der Waals surface area contributed by atoms with Crippen molar-refractivity contribution in [2.24, 2.45) is 5.73 Å². The van der Waals surface area contributed by atoms with Crippen LogP contribution < -0.4 is 10.5 Å². The Bertz CT molecular complexity index is 530. The van der Waals surface area contributed by atoms with Gasteiger partial charge in [0.05, 0.1) is 19.4 Å². The summed E-state index contributed by atoms with van der Waals surface area (Å²) in [6.45, 7) is 0.295. The molecule has 2 amide bonds. The second-order valence-electron chi connectivity index (χ2n) is 4.45. The lowest BCUT2D eigenvalue weighted by atomic mass is 10.2. The van der Waals surface area contributed by atoms with E-state index >= 15 is 0 Å². The van der Waals surface area contributed by atoms with E-state index in [4.69, 9.17) is 15.6 Å². The topological polar surface area (TPSA) is 110 Å². The maximum absolute atomic E-state index is 11.7. The Hall–Kier alpha value is -2.57. The Balaban J connectivity index is 2.39. The molecule has 1 aromatic rings. The van der Waals surface area contributed by atoms with Gasteiger partial charge in [-0.05, 0) is 18.2 Å². The standard InChI is InChI=1S/C14H18N2O5/c1-16(7-5-13(18)19)12(17)6-8-21-11-4-2-3-10(9-11)14(15)20/h2-4,9H,5-8H2,1H3,(H2,15,20)(H,18,19). The van der Waals surface area contributed by atoms with Crippen molar-refractivity contribution in [3.05, 3.63) is 29.8 Å². The molecule has 0 atom stereocenters. The van der Waals surface area contributed by atoms with E-state index < -0.39 is 11.9 Å². The molecule has 21 heavy (non-hydrogen) atoms. The van der Waals surface area contributed by atoms with Gasteiger partial charge in [0, 0.05) is 19.2 Å². The average Bonchev–Trinajstić information content (AvgIpc) is 2.44. The van der Waals surface area contributed by atoms with Gasteiger partial charge in [0.1, 0.15) is 5.75 Å². The summed E-state index contributed by atoms with van der Waals surface area (Å²) in [7, 11) is 1.54. The molecule has 0 aliphatic carbocycles. The molecule has 0 fully saturated rings. The number of ether oxygens (including phenoxy) is 1. The van der Waals surface area contributed by atoms with Crippen LogP contribution in [0.3, 0.4) is 0 Å². The van der Waals surface area contributed by atoms with Gasteiger partial charge in [-0.3, -0.25) is 14.4 Å². The second-order valence-corrected chi connectivity index (χ2v) is 4.45. The molecule has 0 aromatic heterocycles. The van der Waals surface area contributed by atoms with E-state index in [9.17, 15) is 14.4 Å². The van der Waals surface area contributed by atoms with E-state index in [0.29, 0.717) is 11.3 Å². The lowest BCUT2D eigenvalue weighted by molar-refractivity contribution is -0.138. The highest BCUT2D eigenvalue weighted by molar-refractivity contribution is 5.93. The van der Waals surface area contributed by atoms with Crippen LogP contribution in [0.5, 0.6) is 5.75 Å². The molecular formula is C14H18N2O5. The Morgan fingerprint density at radius 3 is 2.62 bits per heavy atom. The summed E-state index contributed by atoms with van der Waals surface area (Å²) >= 11 is 0. The van der Waals surface area contributed by atoms with Crippen molar-refractivity contribution in [1.82, 2.24) is 4.90 Å². The van der Waals surface area contributed by atoms with E-state index in [1.807, 2.05) is 0 Å². The number of nitrogens with two attached hydrogens (primary N) is 1. The third kappa shape index (κ3) is 5.94. The molecule has 0 radical (unpaired) electrons. The molecule has 0 aliphatic heterocycles. The minimum atomic E-state index is -0.950. The molecule has 0 saturated heterocycles. The predicted octanol–water partition coefficient (Wildman–Crippen LogP) is 0.488. The van der Waals surface area contributed by atoms with Gasteiger partial charge < -0.3 is 20.5 Å². The summed E-state index contributed by atoms with van der Waals surface area (Å²) in [6, 6.07) is 6.36. The number of carbonyl (C=O) groups is 3. The van der Waals surface area contributed by atoms with Gasteiger partial charge in [-0.25, -0.2) is 0 Å². The van der Waals surface area contributed by atoms with Gasteiger partial charge in [-0.1, -0.05) is 6.07 Å². The molecule has 0 bridgehead atoms. The normalized spacial score (nSPS) is 9.95. The van der Waals surface area contributed by atoms with Crippen molar-refractivity contribution >= 4 is 17.8 Å². The van der Waals surface area contributed by atoms with Gasteiger partial charge in [-0.2, -0.15) is 0 Å².